The van der Waals surface area contributed by atoms with E-state index in [0.29, 0.717) is 10.3 Å². The molecule has 150 valence electrons. The molecule has 1 fully saturated rings. The van der Waals surface area contributed by atoms with Crippen LogP contribution in [0.2, 0.25) is 0 Å². The molecule has 29 heavy (non-hydrogen) atoms. The quantitative estimate of drug-likeness (QED) is 0.717. The zero-order valence-corrected chi connectivity index (χ0v) is 17.0. The third kappa shape index (κ3) is 3.53. The van der Waals surface area contributed by atoms with E-state index in [2.05, 4.69) is 32.3 Å². The number of aromatic nitrogens is 3. The molecule has 1 aromatic carbocycles. The Hall–Kier alpha value is -2.74. The fraction of sp³-hybridized carbons (Fsp3) is 0.429. The summed E-state index contributed by atoms with van der Waals surface area (Å²) in [7, 11) is 0. The second kappa shape index (κ2) is 7.59. The van der Waals surface area contributed by atoms with E-state index in [1.54, 1.807) is 0 Å². The SMILES string of the molecule is O=C(Cn1cnc2nc(N3CCCCC3)sc2c1=O)N[C@@H]1CCc2ccccc21. The molecule has 0 spiro atoms. The number of aryl methyl sites for hydroxylation is 1. The summed E-state index contributed by atoms with van der Waals surface area (Å²) in [5.74, 6) is -0.171. The zero-order valence-electron chi connectivity index (χ0n) is 16.1. The Kier molecular flexibility index (Phi) is 4.79. The molecule has 5 rings (SSSR count). The summed E-state index contributed by atoms with van der Waals surface area (Å²) < 4.78 is 1.91. The van der Waals surface area contributed by atoms with Gasteiger partial charge in [0.2, 0.25) is 5.91 Å². The summed E-state index contributed by atoms with van der Waals surface area (Å²) in [6, 6.07) is 8.20. The first-order valence-corrected chi connectivity index (χ1v) is 11.0. The zero-order chi connectivity index (χ0) is 19.8. The van der Waals surface area contributed by atoms with E-state index in [4.69, 9.17) is 0 Å². The molecule has 1 saturated heterocycles. The minimum atomic E-state index is -0.197. The van der Waals surface area contributed by atoms with Crippen molar-refractivity contribution in [3.05, 3.63) is 52.1 Å². The van der Waals surface area contributed by atoms with E-state index < -0.39 is 0 Å². The monoisotopic (exact) mass is 409 g/mol. The van der Waals surface area contributed by atoms with Crippen molar-refractivity contribution >= 4 is 32.7 Å². The van der Waals surface area contributed by atoms with E-state index in [9.17, 15) is 9.59 Å². The van der Waals surface area contributed by atoms with E-state index in [1.165, 1.54) is 39.8 Å². The summed E-state index contributed by atoms with van der Waals surface area (Å²) in [5, 5.41) is 3.92. The minimum absolute atomic E-state index is 0.0141. The highest BCUT2D eigenvalue weighted by atomic mass is 32.1. The Morgan fingerprint density at radius 2 is 2.03 bits per heavy atom. The number of hydrogen-bond acceptors (Lipinski definition) is 6. The van der Waals surface area contributed by atoms with Gasteiger partial charge in [0.1, 0.15) is 17.6 Å². The lowest BCUT2D eigenvalue weighted by Crippen LogP contribution is -2.34. The van der Waals surface area contributed by atoms with Crippen LogP contribution in [-0.2, 0) is 17.8 Å². The van der Waals surface area contributed by atoms with Crippen LogP contribution >= 0.6 is 11.3 Å². The number of rotatable bonds is 4. The molecular formula is C21H23N5O2S. The van der Waals surface area contributed by atoms with Crippen molar-refractivity contribution in [3.63, 3.8) is 0 Å². The van der Waals surface area contributed by atoms with E-state index in [1.807, 2.05) is 12.1 Å². The van der Waals surface area contributed by atoms with Crippen LogP contribution in [0.4, 0.5) is 5.13 Å². The molecule has 3 heterocycles. The van der Waals surface area contributed by atoms with Crippen LogP contribution in [0.1, 0.15) is 42.9 Å². The number of thiazole rings is 1. The van der Waals surface area contributed by atoms with E-state index >= 15 is 0 Å². The van der Waals surface area contributed by atoms with E-state index in [0.717, 1.165) is 43.9 Å². The Balaban J connectivity index is 1.33. The number of nitrogens with one attached hydrogen (secondary N) is 1. The summed E-state index contributed by atoms with van der Waals surface area (Å²) >= 11 is 1.38. The van der Waals surface area contributed by atoms with Gasteiger partial charge < -0.3 is 10.2 Å². The van der Waals surface area contributed by atoms with Gasteiger partial charge in [-0.2, -0.15) is 4.98 Å². The second-order valence-corrected chi connectivity index (χ2v) is 8.71. The highest BCUT2D eigenvalue weighted by Crippen LogP contribution is 2.30. The standard InChI is InChI=1S/C21H23N5O2S/c27-17(23-16-9-8-14-6-2-3-7-15(14)16)12-26-13-22-19-18(20(26)28)29-21(24-19)25-10-4-1-5-11-25/h2-3,6-7,13,16H,1,4-5,8-12H2,(H,23,27)/t16-/m1/s1. The van der Waals surface area contributed by atoms with Crippen LogP contribution in [0.25, 0.3) is 10.3 Å². The van der Waals surface area contributed by atoms with Crippen LogP contribution in [0.3, 0.4) is 0 Å². The number of benzene rings is 1. The van der Waals surface area contributed by atoms with Gasteiger partial charge in [0.05, 0.1) is 6.04 Å². The molecule has 8 heteroatoms. The van der Waals surface area contributed by atoms with Gasteiger partial charge in [-0.3, -0.25) is 14.2 Å². The molecule has 1 amide bonds. The predicted octanol–water partition coefficient (Wildman–Crippen LogP) is 2.65. The molecule has 1 atom stereocenters. The first-order chi connectivity index (χ1) is 14.2. The van der Waals surface area contributed by atoms with Gasteiger partial charge >= 0.3 is 0 Å². The average Bonchev–Trinajstić information content (AvgIpc) is 3.36. The lowest BCUT2D eigenvalue weighted by molar-refractivity contribution is -0.122. The molecule has 1 aliphatic heterocycles. The fourth-order valence-electron chi connectivity index (χ4n) is 4.27. The van der Waals surface area contributed by atoms with Crippen molar-refractivity contribution in [2.75, 3.05) is 18.0 Å². The number of piperidine rings is 1. The summed E-state index contributed by atoms with van der Waals surface area (Å²) in [6.07, 6.45) is 6.84. The van der Waals surface area contributed by atoms with Crippen molar-refractivity contribution in [2.24, 2.45) is 0 Å². The molecule has 2 aromatic heterocycles. The summed E-state index contributed by atoms with van der Waals surface area (Å²) in [5.41, 5.74) is 2.74. The van der Waals surface area contributed by atoms with E-state index in [-0.39, 0.29) is 24.1 Å². The van der Waals surface area contributed by atoms with Gasteiger partial charge in [-0.15, -0.1) is 0 Å². The first kappa shape index (κ1) is 18.3. The number of carbonyl (C=O) groups is 1. The number of fused-ring (bicyclic) bond motifs is 2. The predicted molar refractivity (Wildman–Crippen MR) is 113 cm³/mol. The smallest absolute Gasteiger partial charge is 0.273 e. The van der Waals surface area contributed by atoms with Crippen molar-refractivity contribution in [1.29, 1.82) is 0 Å². The van der Waals surface area contributed by atoms with Crippen LogP contribution in [-0.4, -0.2) is 33.5 Å². The summed E-state index contributed by atoms with van der Waals surface area (Å²) in [6.45, 7) is 1.91. The Morgan fingerprint density at radius 1 is 1.21 bits per heavy atom. The number of nitrogens with zero attached hydrogens (tertiary/aromatic N) is 4. The highest BCUT2D eigenvalue weighted by molar-refractivity contribution is 7.22. The van der Waals surface area contributed by atoms with Crippen LogP contribution in [0, 0.1) is 0 Å². The maximum absolute atomic E-state index is 12.9. The molecule has 0 radical (unpaired) electrons. The third-order valence-corrected chi connectivity index (χ3v) is 6.87. The Labute approximate surface area is 172 Å². The molecule has 0 bridgehead atoms. The van der Waals surface area contributed by atoms with Gasteiger partial charge in [-0.25, -0.2) is 4.98 Å². The Bertz CT molecular complexity index is 1120. The number of amides is 1. The van der Waals surface area contributed by atoms with Gasteiger partial charge in [0.15, 0.2) is 10.8 Å². The number of carbonyl (C=O) groups excluding carboxylic acids is 1. The molecule has 1 aliphatic carbocycles. The molecule has 0 saturated carbocycles. The normalized spacial score (nSPS) is 18.8. The van der Waals surface area contributed by atoms with Crippen LogP contribution < -0.4 is 15.8 Å². The molecule has 0 unspecified atom stereocenters. The third-order valence-electron chi connectivity index (χ3n) is 5.78. The molecule has 7 nitrogen and oxygen atoms in total. The second-order valence-electron chi connectivity index (χ2n) is 7.73. The fourth-order valence-corrected chi connectivity index (χ4v) is 5.29. The summed E-state index contributed by atoms with van der Waals surface area (Å²) in [4.78, 5) is 36.6. The van der Waals surface area contributed by atoms with Crippen molar-refractivity contribution in [2.45, 2.75) is 44.7 Å². The average molecular weight is 410 g/mol. The van der Waals surface area contributed by atoms with Crippen LogP contribution in [0.15, 0.2) is 35.4 Å². The lowest BCUT2D eigenvalue weighted by Gasteiger charge is -2.25. The number of hydrogen-bond donors (Lipinski definition) is 1. The molecule has 1 N–H and O–H groups in total. The number of anilines is 1. The van der Waals surface area contributed by atoms with Crippen molar-refractivity contribution in [3.8, 4) is 0 Å². The van der Waals surface area contributed by atoms with Gasteiger partial charge in [0.25, 0.3) is 5.56 Å². The maximum Gasteiger partial charge on any atom is 0.273 e. The Morgan fingerprint density at radius 3 is 2.90 bits per heavy atom. The maximum atomic E-state index is 12.9. The molecule has 3 aromatic rings. The first-order valence-electron chi connectivity index (χ1n) is 10.2. The minimum Gasteiger partial charge on any atom is -0.348 e. The van der Waals surface area contributed by atoms with Gasteiger partial charge in [-0.1, -0.05) is 35.6 Å². The highest BCUT2D eigenvalue weighted by Gasteiger charge is 2.24. The molecule has 2 aliphatic rings. The van der Waals surface area contributed by atoms with Gasteiger partial charge in [-0.05, 0) is 43.2 Å². The van der Waals surface area contributed by atoms with Gasteiger partial charge in [0, 0.05) is 13.1 Å². The topological polar surface area (TPSA) is 80.1 Å². The van der Waals surface area contributed by atoms with Crippen LogP contribution in [0.5, 0.6) is 0 Å². The van der Waals surface area contributed by atoms with Crippen molar-refractivity contribution < 1.29 is 4.79 Å². The largest absolute Gasteiger partial charge is 0.348 e. The lowest BCUT2D eigenvalue weighted by atomic mass is 10.1. The van der Waals surface area contributed by atoms with Crippen molar-refractivity contribution in [1.82, 2.24) is 19.9 Å². The molecular weight excluding hydrogens is 386 g/mol.